The van der Waals surface area contributed by atoms with E-state index >= 15 is 0 Å². The summed E-state index contributed by atoms with van der Waals surface area (Å²) >= 11 is 0. The van der Waals surface area contributed by atoms with Crippen molar-refractivity contribution >= 4 is 6.01 Å². The van der Waals surface area contributed by atoms with Crippen LogP contribution in [0.15, 0.2) is 34.9 Å². The smallest absolute Gasteiger partial charge is 0.323 e. The Morgan fingerprint density at radius 1 is 1.05 bits per heavy atom. The van der Waals surface area contributed by atoms with E-state index in [1.54, 1.807) is 0 Å². The number of rotatable bonds is 4. The van der Waals surface area contributed by atoms with Gasteiger partial charge in [-0.2, -0.15) is 4.98 Å². The molecule has 0 N–H and O–H groups in total. The van der Waals surface area contributed by atoms with E-state index in [9.17, 15) is 0 Å². The Hall–Kier alpha value is -1.88. The summed E-state index contributed by atoms with van der Waals surface area (Å²) in [5.41, 5.74) is 1.38. The van der Waals surface area contributed by atoms with Crippen molar-refractivity contribution in [3.63, 3.8) is 0 Å². The molecular weight excluding hydrogens is 276 g/mol. The van der Waals surface area contributed by atoms with Gasteiger partial charge in [-0.25, -0.2) is 0 Å². The molecule has 2 heterocycles. The van der Waals surface area contributed by atoms with Gasteiger partial charge in [0, 0.05) is 38.6 Å². The average molecular weight is 298 g/mol. The Labute approximate surface area is 130 Å². The minimum absolute atomic E-state index is 0.555. The quantitative estimate of drug-likeness (QED) is 0.868. The topological polar surface area (TPSA) is 45.4 Å². The average Bonchev–Trinajstić information content (AvgIpc) is 3.33. The van der Waals surface area contributed by atoms with E-state index in [0.717, 1.165) is 45.0 Å². The lowest BCUT2D eigenvalue weighted by molar-refractivity contribution is 0.285. The summed E-state index contributed by atoms with van der Waals surface area (Å²) in [5, 5.41) is 4.13. The maximum Gasteiger partial charge on any atom is 0.324 e. The Kier molecular flexibility index (Phi) is 3.81. The van der Waals surface area contributed by atoms with Crippen LogP contribution >= 0.6 is 0 Å². The van der Waals surface area contributed by atoms with Gasteiger partial charge >= 0.3 is 6.01 Å². The first kappa shape index (κ1) is 13.8. The Morgan fingerprint density at radius 2 is 1.91 bits per heavy atom. The summed E-state index contributed by atoms with van der Waals surface area (Å²) < 4.78 is 5.46. The van der Waals surface area contributed by atoms with Gasteiger partial charge in [-0.15, -0.1) is 0 Å². The summed E-state index contributed by atoms with van der Waals surface area (Å²) in [6, 6.07) is 11.4. The first-order chi connectivity index (χ1) is 10.9. The van der Waals surface area contributed by atoms with Crippen molar-refractivity contribution in [3.05, 3.63) is 41.7 Å². The molecule has 1 aliphatic carbocycles. The zero-order valence-corrected chi connectivity index (χ0v) is 12.8. The predicted molar refractivity (Wildman–Crippen MR) is 84.8 cm³/mol. The normalized spacial score (nSPS) is 20.1. The molecule has 1 saturated heterocycles. The number of anilines is 1. The second-order valence-electron chi connectivity index (χ2n) is 6.31. The third-order valence-corrected chi connectivity index (χ3v) is 4.48. The van der Waals surface area contributed by atoms with E-state index in [1.165, 1.54) is 18.4 Å². The van der Waals surface area contributed by atoms with Crippen molar-refractivity contribution in [1.29, 1.82) is 0 Å². The van der Waals surface area contributed by atoms with Crippen molar-refractivity contribution in [2.24, 2.45) is 0 Å². The number of nitrogens with zero attached hydrogens (tertiary/aromatic N) is 4. The molecule has 5 heteroatoms. The number of benzene rings is 1. The second-order valence-corrected chi connectivity index (χ2v) is 6.31. The van der Waals surface area contributed by atoms with Crippen molar-refractivity contribution in [3.8, 4) is 0 Å². The van der Waals surface area contributed by atoms with Gasteiger partial charge in [0.2, 0.25) is 0 Å². The fourth-order valence-corrected chi connectivity index (χ4v) is 3.02. The molecule has 1 aromatic carbocycles. The molecule has 2 aromatic rings. The molecule has 0 spiro atoms. The highest BCUT2D eigenvalue weighted by Crippen LogP contribution is 2.38. The highest BCUT2D eigenvalue weighted by Gasteiger charge is 2.30. The third-order valence-electron chi connectivity index (χ3n) is 4.48. The summed E-state index contributed by atoms with van der Waals surface area (Å²) in [6.45, 7) is 5.13. The largest absolute Gasteiger partial charge is 0.324 e. The van der Waals surface area contributed by atoms with Gasteiger partial charge in [0.25, 0.3) is 0 Å². The van der Waals surface area contributed by atoms with Crippen LogP contribution in [0.1, 0.15) is 36.6 Å². The summed E-state index contributed by atoms with van der Waals surface area (Å²) in [5.74, 6) is 1.46. The molecule has 116 valence electrons. The maximum absolute atomic E-state index is 5.46. The van der Waals surface area contributed by atoms with Crippen molar-refractivity contribution < 1.29 is 4.52 Å². The highest BCUT2D eigenvalue weighted by molar-refractivity contribution is 5.26. The van der Waals surface area contributed by atoms with Gasteiger partial charge in [0.05, 0.1) is 0 Å². The zero-order valence-electron chi connectivity index (χ0n) is 12.8. The molecule has 5 nitrogen and oxygen atoms in total. The third kappa shape index (κ3) is 3.14. The second kappa shape index (κ2) is 6.08. The van der Waals surface area contributed by atoms with Crippen LogP contribution in [0.25, 0.3) is 0 Å². The highest BCUT2D eigenvalue weighted by atomic mass is 16.5. The van der Waals surface area contributed by atoms with Crippen LogP contribution in [-0.4, -0.2) is 41.2 Å². The first-order valence-electron chi connectivity index (χ1n) is 8.23. The number of hydrogen-bond donors (Lipinski definition) is 0. The lowest BCUT2D eigenvalue weighted by Crippen LogP contribution is -2.30. The number of aromatic nitrogens is 2. The Bertz CT molecular complexity index is 608. The van der Waals surface area contributed by atoms with Gasteiger partial charge in [-0.05, 0) is 24.8 Å². The van der Waals surface area contributed by atoms with Crippen molar-refractivity contribution in [1.82, 2.24) is 15.0 Å². The molecule has 0 amide bonds. The minimum atomic E-state index is 0.555. The lowest BCUT2D eigenvalue weighted by Gasteiger charge is -2.20. The van der Waals surface area contributed by atoms with Gasteiger partial charge < -0.3 is 9.42 Å². The molecule has 2 aliphatic rings. The fraction of sp³-hybridized carbons (Fsp3) is 0.529. The van der Waals surface area contributed by atoms with E-state index in [-0.39, 0.29) is 0 Å². The monoisotopic (exact) mass is 298 g/mol. The molecule has 0 bridgehead atoms. The van der Waals surface area contributed by atoms with E-state index in [2.05, 4.69) is 50.3 Å². The molecule has 1 aliphatic heterocycles. The molecule has 2 fully saturated rings. The Morgan fingerprint density at radius 3 is 2.73 bits per heavy atom. The molecule has 1 saturated carbocycles. The first-order valence-corrected chi connectivity index (χ1v) is 8.23. The molecule has 1 aromatic heterocycles. The van der Waals surface area contributed by atoms with Crippen LogP contribution in [0.2, 0.25) is 0 Å². The van der Waals surface area contributed by atoms with E-state index in [0.29, 0.717) is 11.9 Å². The standard InChI is InChI=1S/C17H22N4O/c1-2-5-14(6-3-1)13-20-9-4-10-21(12-11-20)17-18-16(19-22-17)15-7-8-15/h1-3,5-6,15H,4,7-13H2. The van der Waals surface area contributed by atoms with Gasteiger partial charge in [0.1, 0.15) is 0 Å². The van der Waals surface area contributed by atoms with E-state index in [4.69, 9.17) is 4.52 Å². The molecule has 4 rings (SSSR count). The van der Waals surface area contributed by atoms with E-state index < -0.39 is 0 Å². The summed E-state index contributed by atoms with van der Waals surface area (Å²) in [4.78, 5) is 9.32. The predicted octanol–water partition coefficient (Wildman–Crippen LogP) is 2.66. The van der Waals surface area contributed by atoms with Crippen LogP contribution in [0.3, 0.4) is 0 Å². The molecular formula is C17H22N4O. The zero-order chi connectivity index (χ0) is 14.8. The van der Waals surface area contributed by atoms with Crippen molar-refractivity contribution in [2.75, 3.05) is 31.1 Å². The summed E-state index contributed by atoms with van der Waals surface area (Å²) in [6.07, 6.45) is 3.56. The van der Waals surface area contributed by atoms with Crippen LogP contribution in [0, 0.1) is 0 Å². The maximum atomic E-state index is 5.46. The van der Waals surface area contributed by atoms with Gasteiger partial charge in [-0.3, -0.25) is 4.90 Å². The van der Waals surface area contributed by atoms with Gasteiger partial charge in [-0.1, -0.05) is 35.5 Å². The molecule has 0 atom stereocenters. The van der Waals surface area contributed by atoms with E-state index in [1.807, 2.05) is 0 Å². The molecule has 22 heavy (non-hydrogen) atoms. The van der Waals surface area contributed by atoms with Crippen LogP contribution in [0.5, 0.6) is 0 Å². The molecule has 0 radical (unpaired) electrons. The minimum Gasteiger partial charge on any atom is -0.323 e. The summed E-state index contributed by atoms with van der Waals surface area (Å²) in [7, 11) is 0. The van der Waals surface area contributed by atoms with Crippen LogP contribution in [-0.2, 0) is 6.54 Å². The van der Waals surface area contributed by atoms with Crippen LogP contribution < -0.4 is 4.90 Å². The fourth-order valence-electron chi connectivity index (χ4n) is 3.02. The molecule has 0 unspecified atom stereocenters. The van der Waals surface area contributed by atoms with Crippen LogP contribution in [0.4, 0.5) is 6.01 Å². The number of hydrogen-bond acceptors (Lipinski definition) is 5. The SMILES string of the molecule is c1ccc(CN2CCCN(c3nc(C4CC4)no3)CC2)cc1. The Balaban J connectivity index is 1.37. The van der Waals surface area contributed by atoms with Crippen molar-refractivity contribution in [2.45, 2.75) is 31.7 Å². The lowest BCUT2D eigenvalue weighted by atomic mass is 10.2. The van der Waals surface area contributed by atoms with Gasteiger partial charge in [0.15, 0.2) is 5.82 Å².